The Kier molecular flexibility index (Phi) is 4.12. The van der Waals surface area contributed by atoms with Gasteiger partial charge in [-0.25, -0.2) is 22.0 Å². The molecule has 0 aliphatic heterocycles. The lowest BCUT2D eigenvalue weighted by Gasteiger charge is -2.28. The Morgan fingerprint density at radius 3 is 1.50 bits per heavy atom. The highest BCUT2D eigenvalue weighted by Crippen LogP contribution is 2.29. The van der Waals surface area contributed by atoms with Crippen molar-refractivity contribution in [3.8, 4) is 0 Å². The van der Waals surface area contributed by atoms with Crippen LogP contribution in [0.4, 0.5) is 27.6 Å². The maximum Gasteiger partial charge on any atom is 0.200 e. The molecule has 102 valence electrons. The summed E-state index contributed by atoms with van der Waals surface area (Å²) in [5, 5.41) is 19.7. The molecule has 1 aromatic rings. The Balaban J connectivity index is 3.34. The molecule has 0 aliphatic rings. The minimum atomic E-state index is -2.27. The number of hydrogen-bond donors (Lipinski definition) is 3. The maximum absolute atomic E-state index is 13.3. The molecule has 0 fully saturated rings. The van der Waals surface area contributed by atoms with Crippen LogP contribution in [0.2, 0.25) is 0 Å². The Bertz CT molecular complexity index is 433. The zero-order valence-corrected chi connectivity index (χ0v) is 9.20. The van der Waals surface area contributed by atoms with E-state index in [-0.39, 0.29) is 0 Å². The number of benzene rings is 1. The average Bonchev–Trinajstić information content (AvgIpc) is 2.39. The Labute approximate surface area is 98.9 Å². The standard InChI is InChI=1S/C10H10F5NO2/c1-10(2-17,3-18)16-9-7(14)5(12)4(11)6(13)8(9)15/h16-18H,2-3H2,1H3. The van der Waals surface area contributed by atoms with Gasteiger partial charge in [-0.1, -0.05) is 0 Å². The monoisotopic (exact) mass is 271 g/mol. The number of aliphatic hydroxyl groups is 2. The summed E-state index contributed by atoms with van der Waals surface area (Å²) in [6.07, 6.45) is 0. The van der Waals surface area contributed by atoms with Crippen molar-refractivity contribution < 1.29 is 32.2 Å². The third-order valence-electron chi connectivity index (χ3n) is 2.33. The van der Waals surface area contributed by atoms with E-state index in [2.05, 4.69) is 0 Å². The summed E-state index contributed by atoms with van der Waals surface area (Å²) >= 11 is 0. The van der Waals surface area contributed by atoms with E-state index in [1.807, 2.05) is 5.32 Å². The van der Waals surface area contributed by atoms with Gasteiger partial charge in [0, 0.05) is 0 Å². The summed E-state index contributed by atoms with van der Waals surface area (Å²) in [6.45, 7) is -0.406. The number of anilines is 1. The van der Waals surface area contributed by atoms with Crippen LogP contribution in [0.25, 0.3) is 0 Å². The van der Waals surface area contributed by atoms with Gasteiger partial charge >= 0.3 is 0 Å². The molecule has 1 rings (SSSR count). The van der Waals surface area contributed by atoms with Crippen molar-refractivity contribution in [3.63, 3.8) is 0 Å². The minimum Gasteiger partial charge on any atom is -0.394 e. The second-order valence-corrected chi connectivity index (χ2v) is 3.95. The van der Waals surface area contributed by atoms with Crippen molar-refractivity contribution in [2.75, 3.05) is 18.5 Å². The van der Waals surface area contributed by atoms with Crippen LogP contribution in [-0.4, -0.2) is 29.0 Å². The first-order valence-corrected chi connectivity index (χ1v) is 4.78. The molecule has 0 saturated heterocycles. The van der Waals surface area contributed by atoms with Crippen LogP contribution in [0.1, 0.15) is 6.92 Å². The van der Waals surface area contributed by atoms with Crippen molar-refractivity contribution in [2.24, 2.45) is 0 Å². The highest BCUT2D eigenvalue weighted by Gasteiger charge is 2.30. The molecule has 3 N–H and O–H groups in total. The lowest BCUT2D eigenvalue weighted by molar-refractivity contribution is 0.146. The highest BCUT2D eigenvalue weighted by atomic mass is 19.2. The molecule has 0 bridgehead atoms. The normalized spacial score (nSPS) is 11.8. The van der Waals surface area contributed by atoms with Crippen LogP contribution in [0.5, 0.6) is 0 Å². The molecule has 3 nitrogen and oxygen atoms in total. The van der Waals surface area contributed by atoms with E-state index < -0.39 is 53.5 Å². The molecule has 0 aliphatic carbocycles. The van der Waals surface area contributed by atoms with E-state index in [9.17, 15) is 22.0 Å². The first kappa shape index (κ1) is 14.7. The molecule has 8 heteroatoms. The molecular weight excluding hydrogens is 261 g/mol. The van der Waals surface area contributed by atoms with Gasteiger partial charge in [0.2, 0.25) is 5.82 Å². The summed E-state index contributed by atoms with van der Waals surface area (Å²) in [6, 6.07) is 0. The minimum absolute atomic E-state index is 0.775. The van der Waals surface area contributed by atoms with Crippen LogP contribution >= 0.6 is 0 Å². The predicted octanol–water partition coefficient (Wildman–Crippen LogP) is 1.54. The second-order valence-electron chi connectivity index (χ2n) is 3.95. The van der Waals surface area contributed by atoms with E-state index in [0.717, 1.165) is 6.92 Å². The van der Waals surface area contributed by atoms with E-state index in [4.69, 9.17) is 10.2 Å². The Morgan fingerprint density at radius 2 is 1.17 bits per heavy atom. The van der Waals surface area contributed by atoms with Crippen LogP contribution < -0.4 is 5.32 Å². The van der Waals surface area contributed by atoms with Crippen molar-refractivity contribution in [2.45, 2.75) is 12.5 Å². The Hall–Kier alpha value is -1.41. The number of aliphatic hydroxyl groups excluding tert-OH is 2. The fourth-order valence-corrected chi connectivity index (χ4v) is 1.15. The third-order valence-corrected chi connectivity index (χ3v) is 2.33. The zero-order chi connectivity index (χ0) is 14.1. The van der Waals surface area contributed by atoms with Gasteiger partial charge in [0.1, 0.15) is 5.69 Å². The van der Waals surface area contributed by atoms with E-state index in [1.165, 1.54) is 0 Å². The summed E-state index contributed by atoms with van der Waals surface area (Å²) in [5.41, 5.74) is -2.92. The summed E-state index contributed by atoms with van der Waals surface area (Å²) < 4.78 is 65.0. The molecular formula is C10H10F5NO2. The van der Waals surface area contributed by atoms with Gasteiger partial charge in [0.05, 0.1) is 18.8 Å². The highest BCUT2D eigenvalue weighted by molar-refractivity contribution is 5.49. The lowest BCUT2D eigenvalue weighted by atomic mass is 10.0. The van der Waals surface area contributed by atoms with Gasteiger partial charge in [0.15, 0.2) is 23.3 Å². The van der Waals surface area contributed by atoms with Crippen LogP contribution in [0.15, 0.2) is 0 Å². The average molecular weight is 271 g/mol. The summed E-state index contributed by atoms with van der Waals surface area (Å²) in [5.74, 6) is -10.6. The SMILES string of the molecule is CC(CO)(CO)Nc1c(F)c(F)c(F)c(F)c1F. The van der Waals surface area contributed by atoms with Gasteiger partial charge in [-0.3, -0.25) is 0 Å². The molecule has 1 aromatic carbocycles. The molecule has 0 atom stereocenters. The van der Waals surface area contributed by atoms with Crippen molar-refractivity contribution in [1.29, 1.82) is 0 Å². The zero-order valence-electron chi connectivity index (χ0n) is 9.20. The third kappa shape index (κ3) is 2.39. The molecule has 0 amide bonds. The number of nitrogens with one attached hydrogen (secondary N) is 1. The summed E-state index contributed by atoms with van der Waals surface area (Å²) in [7, 11) is 0. The van der Waals surface area contributed by atoms with Gasteiger partial charge < -0.3 is 15.5 Å². The largest absolute Gasteiger partial charge is 0.394 e. The lowest BCUT2D eigenvalue weighted by Crippen LogP contribution is -2.43. The number of hydrogen-bond acceptors (Lipinski definition) is 3. The van der Waals surface area contributed by atoms with Crippen LogP contribution in [0.3, 0.4) is 0 Å². The smallest absolute Gasteiger partial charge is 0.200 e. The van der Waals surface area contributed by atoms with Crippen LogP contribution in [-0.2, 0) is 0 Å². The van der Waals surface area contributed by atoms with E-state index >= 15 is 0 Å². The first-order chi connectivity index (χ1) is 8.27. The molecule has 0 unspecified atom stereocenters. The van der Waals surface area contributed by atoms with Gasteiger partial charge in [-0.05, 0) is 6.92 Å². The topological polar surface area (TPSA) is 52.5 Å². The first-order valence-electron chi connectivity index (χ1n) is 4.78. The quantitative estimate of drug-likeness (QED) is 0.442. The second kappa shape index (κ2) is 5.07. The fraction of sp³-hybridized carbons (Fsp3) is 0.400. The molecule has 0 radical (unpaired) electrons. The Morgan fingerprint density at radius 1 is 0.833 bits per heavy atom. The van der Waals surface area contributed by atoms with Gasteiger partial charge in [-0.15, -0.1) is 0 Å². The maximum atomic E-state index is 13.3. The fourth-order valence-electron chi connectivity index (χ4n) is 1.15. The van der Waals surface area contributed by atoms with Crippen molar-refractivity contribution in [3.05, 3.63) is 29.1 Å². The molecule has 0 aromatic heterocycles. The van der Waals surface area contributed by atoms with Crippen LogP contribution in [0, 0.1) is 29.1 Å². The van der Waals surface area contributed by atoms with E-state index in [1.54, 1.807) is 0 Å². The molecule has 0 saturated carbocycles. The van der Waals surface area contributed by atoms with Gasteiger partial charge in [0.25, 0.3) is 0 Å². The van der Waals surface area contributed by atoms with Gasteiger partial charge in [-0.2, -0.15) is 0 Å². The summed E-state index contributed by atoms with van der Waals surface area (Å²) in [4.78, 5) is 0. The molecule has 0 spiro atoms. The number of halogens is 5. The van der Waals surface area contributed by atoms with Crippen molar-refractivity contribution in [1.82, 2.24) is 0 Å². The van der Waals surface area contributed by atoms with Crippen molar-refractivity contribution >= 4 is 5.69 Å². The predicted molar refractivity (Wildman–Crippen MR) is 52.4 cm³/mol. The molecule has 18 heavy (non-hydrogen) atoms. The number of rotatable bonds is 4. The van der Waals surface area contributed by atoms with E-state index in [0.29, 0.717) is 0 Å². The molecule has 0 heterocycles.